The highest BCUT2D eigenvalue weighted by Gasteiger charge is 2.36. The maximum absolute atomic E-state index is 11.7. The van der Waals surface area contributed by atoms with Gasteiger partial charge in [-0.25, -0.2) is 0 Å². The van der Waals surface area contributed by atoms with E-state index in [1.807, 2.05) is 4.90 Å². The van der Waals surface area contributed by atoms with E-state index in [2.05, 4.69) is 27.7 Å². The Hall–Kier alpha value is -0.530. The fourth-order valence-corrected chi connectivity index (χ4v) is 1.78. The number of nitrogens with zero attached hydrogens (tertiary/aromatic N) is 1. The van der Waals surface area contributed by atoms with Crippen LogP contribution in [0.4, 0.5) is 0 Å². The summed E-state index contributed by atoms with van der Waals surface area (Å²) in [5.74, 6) is 0.647. The second-order valence-electron chi connectivity index (χ2n) is 4.55. The van der Waals surface area contributed by atoms with Gasteiger partial charge < -0.3 is 4.90 Å². The largest absolute Gasteiger partial charge is 0.338 e. The van der Waals surface area contributed by atoms with Gasteiger partial charge in [-0.05, 0) is 33.6 Å². The lowest BCUT2D eigenvalue weighted by molar-refractivity contribution is -0.134. The van der Waals surface area contributed by atoms with E-state index in [-0.39, 0.29) is 5.54 Å². The molecule has 70 valence electrons. The molecule has 1 fully saturated rings. The molecule has 0 spiro atoms. The molecule has 0 bridgehead atoms. The Morgan fingerprint density at radius 1 is 1.50 bits per heavy atom. The molecule has 0 unspecified atom stereocenters. The zero-order chi connectivity index (χ0) is 9.35. The smallest absolute Gasteiger partial charge is 0.226 e. The van der Waals surface area contributed by atoms with Crippen molar-refractivity contribution in [3.63, 3.8) is 0 Å². The van der Waals surface area contributed by atoms with Gasteiger partial charge in [-0.1, -0.05) is 6.92 Å². The topological polar surface area (TPSA) is 20.3 Å². The van der Waals surface area contributed by atoms with Crippen molar-refractivity contribution < 1.29 is 4.79 Å². The van der Waals surface area contributed by atoms with Crippen molar-refractivity contribution in [2.24, 2.45) is 5.92 Å². The maximum atomic E-state index is 11.7. The fraction of sp³-hybridized carbons (Fsp3) is 0.900. The van der Waals surface area contributed by atoms with Crippen LogP contribution in [-0.4, -0.2) is 22.9 Å². The molecule has 2 heteroatoms. The van der Waals surface area contributed by atoms with Crippen LogP contribution in [0.15, 0.2) is 0 Å². The van der Waals surface area contributed by atoms with Crippen LogP contribution in [0, 0.1) is 5.92 Å². The van der Waals surface area contributed by atoms with Crippen molar-refractivity contribution in [2.45, 2.75) is 46.1 Å². The van der Waals surface area contributed by atoms with Crippen molar-refractivity contribution in [2.75, 3.05) is 6.54 Å². The summed E-state index contributed by atoms with van der Waals surface area (Å²) in [4.78, 5) is 13.7. The van der Waals surface area contributed by atoms with Crippen molar-refractivity contribution >= 4 is 5.91 Å². The third kappa shape index (κ3) is 1.62. The summed E-state index contributed by atoms with van der Waals surface area (Å²) in [6, 6.07) is 0. The molecular formula is C10H19NO. The molecule has 0 aliphatic carbocycles. The number of hydrogen-bond donors (Lipinski definition) is 0. The molecule has 1 aliphatic rings. The van der Waals surface area contributed by atoms with Gasteiger partial charge in [-0.2, -0.15) is 0 Å². The van der Waals surface area contributed by atoms with Crippen molar-refractivity contribution in [3.05, 3.63) is 0 Å². The van der Waals surface area contributed by atoms with Gasteiger partial charge >= 0.3 is 0 Å². The van der Waals surface area contributed by atoms with Crippen LogP contribution < -0.4 is 0 Å². The Labute approximate surface area is 74.9 Å². The van der Waals surface area contributed by atoms with E-state index in [9.17, 15) is 4.79 Å². The van der Waals surface area contributed by atoms with Gasteiger partial charge in [0.2, 0.25) is 5.91 Å². The Balaban J connectivity index is 2.67. The first-order chi connectivity index (χ1) is 5.46. The van der Waals surface area contributed by atoms with E-state index in [0.717, 1.165) is 19.4 Å². The lowest BCUT2D eigenvalue weighted by atomic mass is 10.0. The van der Waals surface area contributed by atoms with E-state index in [1.165, 1.54) is 0 Å². The van der Waals surface area contributed by atoms with E-state index in [0.29, 0.717) is 11.8 Å². The molecule has 1 heterocycles. The zero-order valence-electron chi connectivity index (χ0n) is 8.55. The maximum Gasteiger partial charge on any atom is 0.226 e. The minimum Gasteiger partial charge on any atom is -0.338 e. The summed E-state index contributed by atoms with van der Waals surface area (Å²) < 4.78 is 0. The minimum atomic E-state index is 0.0149. The van der Waals surface area contributed by atoms with E-state index in [1.54, 1.807) is 0 Å². The lowest BCUT2D eigenvalue weighted by Gasteiger charge is -2.32. The molecule has 1 saturated heterocycles. The highest BCUT2D eigenvalue weighted by atomic mass is 16.2. The van der Waals surface area contributed by atoms with Crippen LogP contribution >= 0.6 is 0 Å². The second-order valence-corrected chi connectivity index (χ2v) is 4.55. The number of hydrogen-bond acceptors (Lipinski definition) is 1. The van der Waals surface area contributed by atoms with Gasteiger partial charge in [0.1, 0.15) is 0 Å². The SMILES string of the molecule is CC[C@H]1CCN(C(C)(C)C)C1=O. The van der Waals surface area contributed by atoms with E-state index < -0.39 is 0 Å². The molecule has 1 rings (SSSR count). The summed E-state index contributed by atoms with van der Waals surface area (Å²) in [6.07, 6.45) is 2.04. The molecule has 2 nitrogen and oxygen atoms in total. The molecule has 12 heavy (non-hydrogen) atoms. The number of carbonyl (C=O) groups excluding carboxylic acids is 1. The molecule has 1 aliphatic heterocycles. The third-order valence-corrected chi connectivity index (χ3v) is 2.62. The molecule has 0 aromatic rings. The Morgan fingerprint density at radius 2 is 2.08 bits per heavy atom. The first-order valence-corrected chi connectivity index (χ1v) is 4.78. The predicted octanol–water partition coefficient (Wildman–Crippen LogP) is 2.04. The Morgan fingerprint density at radius 3 is 2.33 bits per heavy atom. The van der Waals surface area contributed by atoms with Crippen LogP contribution in [0.5, 0.6) is 0 Å². The number of likely N-dealkylation sites (tertiary alicyclic amines) is 1. The summed E-state index contributed by atoms with van der Waals surface area (Å²) >= 11 is 0. The quantitative estimate of drug-likeness (QED) is 0.588. The van der Waals surface area contributed by atoms with Crippen LogP contribution in [0.1, 0.15) is 40.5 Å². The molecule has 0 radical (unpaired) electrons. The summed E-state index contributed by atoms with van der Waals surface area (Å²) in [6.45, 7) is 9.34. The average Bonchev–Trinajstić information content (AvgIpc) is 2.29. The average molecular weight is 169 g/mol. The lowest BCUT2D eigenvalue weighted by Crippen LogP contribution is -2.43. The van der Waals surface area contributed by atoms with Crippen molar-refractivity contribution in [1.82, 2.24) is 4.90 Å². The molecule has 0 saturated carbocycles. The number of rotatable bonds is 1. The first-order valence-electron chi connectivity index (χ1n) is 4.78. The van der Waals surface area contributed by atoms with Crippen molar-refractivity contribution in [3.8, 4) is 0 Å². The van der Waals surface area contributed by atoms with Gasteiger partial charge in [0.25, 0.3) is 0 Å². The fourth-order valence-electron chi connectivity index (χ4n) is 1.78. The normalized spacial score (nSPS) is 25.2. The van der Waals surface area contributed by atoms with Gasteiger partial charge in [-0.15, -0.1) is 0 Å². The van der Waals surface area contributed by atoms with Gasteiger partial charge in [0, 0.05) is 18.0 Å². The van der Waals surface area contributed by atoms with E-state index >= 15 is 0 Å². The highest BCUT2D eigenvalue weighted by molar-refractivity contribution is 5.81. The van der Waals surface area contributed by atoms with E-state index in [4.69, 9.17) is 0 Å². The molecule has 0 N–H and O–H groups in total. The highest BCUT2D eigenvalue weighted by Crippen LogP contribution is 2.27. The Kier molecular flexibility index (Phi) is 2.45. The van der Waals surface area contributed by atoms with Gasteiger partial charge in [-0.3, -0.25) is 4.79 Å². The summed E-state index contributed by atoms with van der Waals surface area (Å²) in [5, 5.41) is 0. The van der Waals surface area contributed by atoms with Crippen LogP contribution in [0.2, 0.25) is 0 Å². The zero-order valence-corrected chi connectivity index (χ0v) is 8.55. The molecule has 0 aromatic carbocycles. The van der Waals surface area contributed by atoms with Crippen LogP contribution in [-0.2, 0) is 4.79 Å². The number of carbonyl (C=O) groups is 1. The first kappa shape index (κ1) is 9.56. The predicted molar refractivity (Wildman–Crippen MR) is 49.9 cm³/mol. The molecular weight excluding hydrogens is 150 g/mol. The molecule has 1 atom stereocenters. The van der Waals surface area contributed by atoms with Crippen LogP contribution in [0.3, 0.4) is 0 Å². The molecule has 1 amide bonds. The number of amides is 1. The Bertz CT molecular complexity index is 181. The van der Waals surface area contributed by atoms with Crippen molar-refractivity contribution in [1.29, 1.82) is 0 Å². The molecule has 0 aromatic heterocycles. The monoisotopic (exact) mass is 169 g/mol. The summed E-state index contributed by atoms with van der Waals surface area (Å²) in [7, 11) is 0. The minimum absolute atomic E-state index is 0.0149. The standard InChI is InChI=1S/C10H19NO/c1-5-8-6-7-11(9(8)12)10(2,3)4/h8H,5-7H2,1-4H3/t8-/m0/s1. The summed E-state index contributed by atoms with van der Waals surface area (Å²) in [5.41, 5.74) is 0.0149. The third-order valence-electron chi connectivity index (χ3n) is 2.62. The second kappa shape index (κ2) is 3.08. The van der Waals surface area contributed by atoms with Gasteiger partial charge in [0.05, 0.1) is 0 Å². The van der Waals surface area contributed by atoms with Crippen LogP contribution in [0.25, 0.3) is 0 Å². The van der Waals surface area contributed by atoms with Gasteiger partial charge in [0.15, 0.2) is 0 Å².